The van der Waals surface area contributed by atoms with Crippen LogP contribution in [-0.4, -0.2) is 45.8 Å². The molecule has 1 aliphatic heterocycles. The van der Waals surface area contributed by atoms with Crippen molar-refractivity contribution in [1.82, 2.24) is 4.31 Å². The van der Waals surface area contributed by atoms with Gasteiger partial charge in [0, 0.05) is 38.6 Å². The fourth-order valence-electron chi connectivity index (χ4n) is 3.25. The number of piperidine rings is 1. The minimum absolute atomic E-state index is 0.0718. The van der Waals surface area contributed by atoms with Crippen LogP contribution >= 0.6 is 23.2 Å². The summed E-state index contributed by atoms with van der Waals surface area (Å²) in [4.78, 5) is 15.3. The maximum Gasteiger partial charge on any atom is 0.257 e. The molecule has 6 nitrogen and oxygen atoms in total. The highest BCUT2D eigenvalue weighted by molar-refractivity contribution is 7.89. The Balaban J connectivity index is 2.02. The van der Waals surface area contributed by atoms with Crippen LogP contribution in [0, 0.1) is 0 Å². The molecule has 1 N–H and O–H groups in total. The van der Waals surface area contributed by atoms with Gasteiger partial charge >= 0.3 is 0 Å². The van der Waals surface area contributed by atoms with Gasteiger partial charge in [0.25, 0.3) is 5.91 Å². The van der Waals surface area contributed by atoms with Gasteiger partial charge in [0.05, 0.1) is 20.5 Å². The Bertz CT molecular complexity index is 1020. The number of nitrogens with one attached hydrogen (secondary N) is 1. The number of anilines is 2. The van der Waals surface area contributed by atoms with Gasteiger partial charge in [-0.25, -0.2) is 12.7 Å². The summed E-state index contributed by atoms with van der Waals surface area (Å²) in [7, 11) is -0.746. The van der Waals surface area contributed by atoms with Gasteiger partial charge in [-0.1, -0.05) is 23.2 Å². The SMILES string of the molecule is CN(C)S(=O)(=O)c1ccc(N2CCCCC2)c(C(=O)Nc2ccc(Cl)c(Cl)c2)c1. The van der Waals surface area contributed by atoms with Gasteiger partial charge in [-0.3, -0.25) is 4.79 Å². The van der Waals surface area contributed by atoms with Crippen molar-refractivity contribution >= 4 is 50.5 Å². The fourth-order valence-corrected chi connectivity index (χ4v) is 4.48. The number of halogens is 2. The number of hydrogen-bond donors (Lipinski definition) is 1. The van der Waals surface area contributed by atoms with E-state index in [9.17, 15) is 13.2 Å². The molecule has 0 unspecified atom stereocenters. The van der Waals surface area contributed by atoms with E-state index in [4.69, 9.17) is 23.2 Å². The zero-order valence-corrected chi connectivity index (χ0v) is 18.6. The lowest BCUT2D eigenvalue weighted by Gasteiger charge is -2.30. The van der Waals surface area contributed by atoms with Crippen molar-refractivity contribution in [2.24, 2.45) is 0 Å². The van der Waals surface area contributed by atoms with Crippen molar-refractivity contribution in [3.8, 4) is 0 Å². The molecular weight excluding hydrogens is 433 g/mol. The molecule has 2 aromatic rings. The summed E-state index contributed by atoms with van der Waals surface area (Å²) in [6, 6.07) is 9.50. The van der Waals surface area contributed by atoms with E-state index in [1.807, 2.05) is 0 Å². The van der Waals surface area contributed by atoms with E-state index in [0.29, 0.717) is 21.3 Å². The van der Waals surface area contributed by atoms with Crippen molar-refractivity contribution in [3.05, 3.63) is 52.0 Å². The summed E-state index contributed by atoms with van der Waals surface area (Å²) >= 11 is 12.0. The summed E-state index contributed by atoms with van der Waals surface area (Å²) in [5.41, 5.74) is 1.51. The third kappa shape index (κ3) is 4.86. The predicted octanol–water partition coefficient (Wildman–Crippen LogP) is 4.49. The van der Waals surface area contributed by atoms with Gasteiger partial charge in [0.1, 0.15) is 0 Å². The number of carbonyl (C=O) groups is 1. The molecule has 1 saturated heterocycles. The van der Waals surface area contributed by atoms with E-state index >= 15 is 0 Å². The van der Waals surface area contributed by atoms with Gasteiger partial charge < -0.3 is 10.2 Å². The van der Waals surface area contributed by atoms with E-state index < -0.39 is 15.9 Å². The van der Waals surface area contributed by atoms with Crippen LogP contribution in [0.3, 0.4) is 0 Å². The van der Waals surface area contributed by atoms with Crippen molar-refractivity contribution in [3.63, 3.8) is 0 Å². The van der Waals surface area contributed by atoms with Gasteiger partial charge in [0.2, 0.25) is 10.0 Å². The number of nitrogens with zero attached hydrogens (tertiary/aromatic N) is 2. The fraction of sp³-hybridized carbons (Fsp3) is 0.350. The molecule has 1 heterocycles. The Labute approximate surface area is 181 Å². The molecule has 0 atom stereocenters. The van der Waals surface area contributed by atoms with Gasteiger partial charge in [-0.05, 0) is 55.7 Å². The first kappa shape index (κ1) is 21.9. The molecule has 1 fully saturated rings. The topological polar surface area (TPSA) is 69.7 Å². The highest BCUT2D eigenvalue weighted by Crippen LogP contribution is 2.30. The molecular formula is C20H23Cl2N3O3S. The lowest BCUT2D eigenvalue weighted by Crippen LogP contribution is -2.32. The Morgan fingerprint density at radius 1 is 1.00 bits per heavy atom. The summed E-state index contributed by atoms with van der Waals surface area (Å²) in [5.74, 6) is -0.403. The van der Waals surface area contributed by atoms with Crippen LogP contribution in [0.4, 0.5) is 11.4 Å². The molecule has 2 aromatic carbocycles. The molecule has 0 aromatic heterocycles. The van der Waals surface area contributed by atoms with E-state index in [-0.39, 0.29) is 4.90 Å². The lowest BCUT2D eigenvalue weighted by molar-refractivity contribution is 0.102. The highest BCUT2D eigenvalue weighted by atomic mass is 35.5. The Morgan fingerprint density at radius 2 is 1.69 bits per heavy atom. The van der Waals surface area contributed by atoms with Crippen LogP contribution in [0.2, 0.25) is 10.0 Å². The van der Waals surface area contributed by atoms with E-state index in [1.54, 1.807) is 30.3 Å². The molecule has 1 amide bonds. The van der Waals surface area contributed by atoms with Crippen LogP contribution in [0.1, 0.15) is 29.6 Å². The smallest absolute Gasteiger partial charge is 0.257 e. The second-order valence-corrected chi connectivity index (χ2v) is 10.1. The zero-order chi connectivity index (χ0) is 21.2. The maximum atomic E-state index is 13.1. The summed E-state index contributed by atoms with van der Waals surface area (Å²) in [6.07, 6.45) is 3.21. The van der Waals surface area contributed by atoms with E-state index in [0.717, 1.165) is 42.3 Å². The predicted molar refractivity (Wildman–Crippen MR) is 118 cm³/mol. The normalized spacial score (nSPS) is 14.9. The average molecular weight is 456 g/mol. The van der Waals surface area contributed by atoms with E-state index in [1.165, 1.54) is 20.2 Å². The summed E-state index contributed by atoms with van der Waals surface area (Å²) < 4.78 is 26.3. The van der Waals surface area contributed by atoms with Gasteiger partial charge in [-0.15, -0.1) is 0 Å². The average Bonchev–Trinajstić information content (AvgIpc) is 2.70. The molecule has 9 heteroatoms. The molecule has 0 bridgehead atoms. The van der Waals surface area contributed by atoms with Gasteiger partial charge in [-0.2, -0.15) is 0 Å². The Hall–Kier alpha value is -1.80. The van der Waals surface area contributed by atoms with Gasteiger partial charge in [0.15, 0.2) is 0 Å². The quantitative estimate of drug-likeness (QED) is 0.720. The van der Waals surface area contributed by atoms with Crippen molar-refractivity contribution in [2.75, 3.05) is 37.4 Å². The summed E-state index contributed by atoms with van der Waals surface area (Å²) in [6.45, 7) is 1.65. The lowest BCUT2D eigenvalue weighted by atomic mass is 10.1. The third-order valence-electron chi connectivity index (χ3n) is 4.87. The zero-order valence-electron chi connectivity index (χ0n) is 16.3. The molecule has 3 rings (SSSR count). The van der Waals surface area contributed by atoms with Crippen molar-refractivity contribution in [1.29, 1.82) is 0 Å². The van der Waals surface area contributed by atoms with Crippen LogP contribution in [0.5, 0.6) is 0 Å². The molecule has 0 aliphatic carbocycles. The number of sulfonamides is 1. The van der Waals surface area contributed by atoms with Crippen LogP contribution in [0.15, 0.2) is 41.3 Å². The summed E-state index contributed by atoms with van der Waals surface area (Å²) in [5, 5.41) is 3.51. The first-order chi connectivity index (χ1) is 13.7. The van der Waals surface area contributed by atoms with Crippen molar-refractivity contribution < 1.29 is 13.2 Å². The van der Waals surface area contributed by atoms with Crippen LogP contribution < -0.4 is 10.2 Å². The maximum absolute atomic E-state index is 13.1. The number of benzene rings is 2. The first-order valence-electron chi connectivity index (χ1n) is 9.28. The van der Waals surface area contributed by atoms with Crippen molar-refractivity contribution in [2.45, 2.75) is 24.2 Å². The largest absolute Gasteiger partial charge is 0.371 e. The second-order valence-electron chi connectivity index (χ2n) is 7.10. The standard InChI is InChI=1S/C20H23Cl2N3O3S/c1-24(2)29(27,28)15-7-9-19(25-10-4-3-5-11-25)16(13-15)20(26)23-14-6-8-17(21)18(22)12-14/h6-9,12-13H,3-5,10-11H2,1-2H3,(H,23,26). The van der Waals surface area contributed by atoms with Crippen LogP contribution in [-0.2, 0) is 10.0 Å². The number of rotatable bonds is 5. The van der Waals surface area contributed by atoms with E-state index in [2.05, 4.69) is 10.2 Å². The Morgan fingerprint density at radius 3 is 2.31 bits per heavy atom. The second kappa shape index (κ2) is 8.92. The number of amides is 1. The molecule has 1 aliphatic rings. The van der Waals surface area contributed by atoms with Crippen LogP contribution in [0.25, 0.3) is 0 Å². The molecule has 156 valence electrons. The monoisotopic (exact) mass is 455 g/mol. The third-order valence-corrected chi connectivity index (χ3v) is 7.42. The minimum atomic E-state index is -3.67. The number of hydrogen-bond acceptors (Lipinski definition) is 4. The molecule has 0 saturated carbocycles. The minimum Gasteiger partial charge on any atom is -0.371 e. The first-order valence-corrected chi connectivity index (χ1v) is 11.5. The highest BCUT2D eigenvalue weighted by Gasteiger charge is 2.24. The Kier molecular flexibility index (Phi) is 6.73. The molecule has 0 radical (unpaired) electrons. The molecule has 29 heavy (non-hydrogen) atoms. The molecule has 0 spiro atoms. The number of carbonyl (C=O) groups excluding carboxylic acids is 1.